The molecule has 2 amide bonds. The van der Waals surface area contributed by atoms with Crippen LogP contribution in [0.15, 0.2) is 75.2 Å². The number of hydrogen-bond acceptors (Lipinski definition) is 4. The van der Waals surface area contributed by atoms with Crippen molar-refractivity contribution in [1.29, 1.82) is 0 Å². The zero-order valence-electron chi connectivity index (χ0n) is 17.2. The highest BCUT2D eigenvalue weighted by atomic mass is 79.9. The first-order valence-corrected chi connectivity index (χ1v) is 12.5. The van der Waals surface area contributed by atoms with Gasteiger partial charge in [-0.25, -0.2) is 0 Å². The van der Waals surface area contributed by atoms with Crippen molar-refractivity contribution in [2.24, 2.45) is 0 Å². The van der Waals surface area contributed by atoms with E-state index in [9.17, 15) is 9.59 Å². The molecule has 1 fully saturated rings. The lowest BCUT2D eigenvalue weighted by atomic mass is 10.1. The highest BCUT2D eigenvalue weighted by Crippen LogP contribution is 2.35. The predicted octanol–water partition coefficient (Wildman–Crippen LogP) is 6.93. The summed E-state index contributed by atoms with van der Waals surface area (Å²) in [7, 11) is 0. The Balaban J connectivity index is 1.69. The average Bonchev–Trinajstić information content (AvgIpc) is 2.80. The smallest absolute Gasteiger partial charge is 0.270 e. The van der Waals surface area contributed by atoms with E-state index in [1.54, 1.807) is 30.3 Å². The van der Waals surface area contributed by atoms with E-state index < -0.39 is 11.8 Å². The fraction of sp³-hybridized carbons (Fsp3) is 0.0417. The molecule has 1 heterocycles. The Hall–Kier alpha value is -2.23. The molecule has 1 aliphatic rings. The monoisotopic (exact) mass is 638 g/mol. The highest BCUT2D eigenvalue weighted by molar-refractivity contribution is 9.10. The molecule has 0 aliphatic carbocycles. The molecule has 5 nitrogen and oxygen atoms in total. The molecule has 1 aliphatic heterocycles. The number of amides is 2. The third-order valence-electron chi connectivity index (χ3n) is 4.85. The van der Waals surface area contributed by atoms with Crippen LogP contribution in [0.25, 0.3) is 6.08 Å². The zero-order chi connectivity index (χ0) is 24.4. The number of nitrogens with one attached hydrogen (secondary N) is 1. The van der Waals surface area contributed by atoms with E-state index in [-0.39, 0.29) is 26.4 Å². The molecule has 0 bridgehead atoms. The Morgan fingerprint density at radius 2 is 1.71 bits per heavy atom. The third-order valence-corrected chi connectivity index (χ3v) is 6.97. The Morgan fingerprint density at radius 1 is 1.00 bits per heavy atom. The van der Waals surface area contributed by atoms with Gasteiger partial charge in [0.2, 0.25) is 0 Å². The van der Waals surface area contributed by atoms with E-state index in [0.29, 0.717) is 17.9 Å². The lowest BCUT2D eigenvalue weighted by Gasteiger charge is -2.29. The van der Waals surface area contributed by atoms with E-state index in [2.05, 4.69) is 37.2 Å². The van der Waals surface area contributed by atoms with E-state index >= 15 is 0 Å². The molecule has 0 spiro atoms. The third kappa shape index (κ3) is 5.37. The number of rotatable bonds is 5. The van der Waals surface area contributed by atoms with Gasteiger partial charge in [-0.3, -0.25) is 19.8 Å². The summed E-state index contributed by atoms with van der Waals surface area (Å²) < 4.78 is 7.72. The van der Waals surface area contributed by atoms with Gasteiger partial charge >= 0.3 is 0 Å². The number of carbonyl (C=O) groups excluding carboxylic acids is 2. The molecule has 3 aromatic carbocycles. The molecule has 10 heteroatoms. The van der Waals surface area contributed by atoms with Gasteiger partial charge in [0.15, 0.2) is 5.11 Å². The van der Waals surface area contributed by atoms with E-state index in [0.717, 1.165) is 19.4 Å². The van der Waals surface area contributed by atoms with Gasteiger partial charge in [-0.15, -0.1) is 0 Å². The Labute approximate surface area is 227 Å². The summed E-state index contributed by atoms with van der Waals surface area (Å²) in [6, 6.07) is 17.9. The van der Waals surface area contributed by atoms with Crippen LogP contribution in [0.5, 0.6) is 5.75 Å². The van der Waals surface area contributed by atoms with E-state index in [1.165, 1.54) is 6.08 Å². The largest absolute Gasteiger partial charge is 0.488 e. The molecular weight excluding hydrogens is 627 g/mol. The Bertz CT molecular complexity index is 1350. The van der Waals surface area contributed by atoms with Crippen molar-refractivity contribution in [3.05, 3.63) is 96.4 Å². The summed E-state index contributed by atoms with van der Waals surface area (Å²) in [5, 5.41) is 2.86. The highest BCUT2D eigenvalue weighted by Gasteiger charge is 2.36. The fourth-order valence-corrected chi connectivity index (χ4v) is 4.50. The van der Waals surface area contributed by atoms with Gasteiger partial charge in [0.25, 0.3) is 11.8 Å². The van der Waals surface area contributed by atoms with Gasteiger partial charge in [0.05, 0.1) is 15.7 Å². The van der Waals surface area contributed by atoms with Gasteiger partial charge in [-0.2, -0.15) is 0 Å². The van der Waals surface area contributed by atoms with Crippen molar-refractivity contribution in [3.63, 3.8) is 0 Å². The predicted molar refractivity (Wildman–Crippen MR) is 145 cm³/mol. The van der Waals surface area contributed by atoms with Crippen LogP contribution < -0.4 is 15.0 Å². The summed E-state index contributed by atoms with van der Waals surface area (Å²) in [4.78, 5) is 27.2. The maximum absolute atomic E-state index is 13.4. The minimum absolute atomic E-state index is 0.0859. The summed E-state index contributed by atoms with van der Waals surface area (Å²) in [5.74, 6) is -0.750. The number of benzene rings is 3. The van der Waals surface area contributed by atoms with Crippen LogP contribution in [0.2, 0.25) is 10.0 Å². The molecule has 1 saturated heterocycles. The van der Waals surface area contributed by atoms with Gasteiger partial charge in [0.1, 0.15) is 17.9 Å². The molecule has 34 heavy (non-hydrogen) atoms. The fourth-order valence-electron chi connectivity index (χ4n) is 3.20. The lowest BCUT2D eigenvalue weighted by Crippen LogP contribution is -2.54. The minimum Gasteiger partial charge on any atom is -0.488 e. The topological polar surface area (TPSA) is 58.6 Å². The molecule has 3 aromatic rings. The Kier molecular flexibility index (Phi) is 7.74. The number of hydrogen-bond donors (Lipinski definition) is 1. The van der Waals surface area contributed by atoms with E-state index in [4.69, 9.17) is 40.2 Å². The molecule has 172 valence electrons. The number of carbonyl (C=O) groups is 2. The van der Waals surface area contributed by atoms with Crippen molar-refractivity contribution >= 4 is 96.0 Å². The maximum atomic E-state index is 13.4. The van der Waals surface area contributed by atoms with Crippen LogP contribution in [0.1, 0.15) is 11.1 Å². The van der Waals surface area contributed by atoms with E-state index in [1.807, 2.05) is 30.3 Å². The van der Waals surface area contributed by atoms with Gasteiger partial charge in [-0.1, -0.05) is 73.3 Å². The molecule has 0 saturated carbocycles. The first-order valence-electron chi connectivity index (χ1n) is 9.77. The second kappa shape index (κ2) is 10.6. The number of halogens is 4. The van der Waals surface area contributed by atoms with Crippen LogP contribution >= 0.6 is 67.3 Å². The van der Waals surface area contributed by atoms with Crippen molar-refractivity contribution < 1.29 is 14.3 Å². The van der Waals surface area contributed by atoms with Gasteiger partial charge < -0.3 is 4.74 Å². The van der Waals surface area contributed by atoms with Crippen LogP contribution in [0.3, 0.4) is 0 Å². The van der Waals surface area contributed by atoms with Gasteiger partial charge in [-0.05, 0) is 66.3 Å². The molecule has 4 rings (SSSR count). The first kappa shape index (κ1) is 24.9. The number of thiocarbonyl (C=S) groups is 1. The molecule has 0 radical (unpaired) electrons. The molecule has 0 aromatic heterocycles. The van der Waals surface area contributed by atoms with Crippen molar-refractivity contribution in [3.8, 4) is 5.75 Å². The molecular formula is C24H14Br2Cl2N2O3S. The minimum atomic E-state index is -0.628. The van der Waals surface area contributed by atoms with Crippen molar-refractivity contribution in [2.75, 3.05) is 4.90 Å². The summed E-state index contributed by atoms with van der Waals surface area (Å²) in [6.07, 6.45) is 1.46. The van der Waals surface area contributed by atoms with Crippen LogP contribution in [0.4, 0.5) is 5.69 Å². The standard InChI is InChI=1S/C24H14Br2Cl2N2O3S/c25-15-6-4-13(5-7-15)12-33-20-9-8-16(26)10-14(20)11-17-22(31)29-24(34)30(23(17)32)19-3-1-2-18(27)21(19)28/h1-11H,12H2,(H,29,31,34)/b17-11+. The summed E-state index contributed by atoms with van der Waals surface area (Å²) >= 11 is 24.5. The normalized spacial score (nSPS) is 15.0. The molecule has 0 atom stereocenters. The quantitative estimate of drug-likeness (QED) is 0.187. The molecule has 1 N–H and O–H groups in total. The number of ether oxygens (including phenoxy) is 1. The van der Waals surface area contributed by atoms with Crippen LogP contribution in [-0.4, -0.2) is 16.9 Å². The zero-order valence-corrected chi connectivity index (χ0v) is 22.7. The average molecular weight is 641 g/mol. The SMILES string of the molecule is O=C1NC(=S)N(c2cccc(Cl)c2Cl)C(=O)/C1=C/c1cc(Br)ccc1OCc1ccc(Br)cc1. The second-order valence-corrected chi connectivity index (χ2v) is 10.1. The van der Waals surface area contributed by atoms with Crippen molar-refractivity contribution in [2.45, 2.75) is 6.61 Å². The van der Waals surface area contributed by atoms with Crippen LogP contribution in [-0.2, 0) is 16.2 Å². The summed E-state index contributed by atoms with van der Waals surface area (Å²) in [6.45, 7) is 0.305. The second-order valence-electron chi connectivity index (χ2n) is 7.13. The summed E-state index contributed by atoms with van der Waals surface area (Å²) in [5.41, 5.74) is 1.64. The molecule has 0 unspecified atom stereocenters. The van der Waals surface area contributed by atoms with Crippen molar-refractivity contribution in [1.82, 2.24) is 5.32 Å². The number of nitrogens with zero attached hydrogens (tertiary/aromatic N) is 1. The Morgan fingerprint density at radius 3 is 2.44 bits per heavy atom. The van der Waals surface area contributed by atoms with Gasteiger partial charge in [0, 0.05) is 14.5 Å². The number of anilines is 1. The maximum Gasteiger partial charge on any atom is 0.270 e. The first-order chi connectivity index (χ1) is 16.2. The van der Waals surface area contributed by atoms with Crippen LogP contribution in [0, 0.1) is 0 Å². The lowest BCUT2D eigenvalue weighted by molar-refractivity contribution is -0.122.